The van der Waals surface area contributed by atoms with Gasteiger partial charge in [-0.05, 0) is 53.7 Å². The number of hydrogen-bond donors (Lipinski definition) is 3. The Bertz CT molecular complexity index is 709. The molecule has 0 saturated carbocycles. The van der Waals surface area contributed by atoms with Gasteiger partial charge in [0.15, 0.2) is 0 Å². The van der Waals surface area contributed by atoms with Gasteiger partial charge in [-0.1, -0.05) is 6.07 Å². The number of rotatable bonds is 4. The van der Waals surface area contributed by atoms with Gasteiger partial charge in [0.25, 0.3) is 0 Å². The number of anilines is 1. The van der Waals surface area contributed by atoms with Crippen LogP contribution in [0.25, 0.3) is 11.3 Å². The van der Waals surface area contributed by atoms with Crippen LogP contribution in [0.2, 0.25) is 0 Å². The standard InChI is InChI=1S/C18H28N4O2/c1-17(2,3)21-19-15-11-12(20-22(15)18(4,5)6)16-13(23)9-8-10-14(16)24-7/h8-11,19,21,23H,1-7H3. The molecular weight excluding hydrogens is 304 g/mol. The Balaban J connectivity index is 2.52. The summed E-state index contributed by atoms with van der Waals surface area (Å²) in [4.78, 5) is 0. The van der Waals surface area contributed by atoms with E-state index in [9.17, 15) is 5.11 Å². The highest BCUT2D eigenvalue weighted by Gasteiger charge is 2.23. The lowest BCUT2D eigenvalue weighted by Gasteiger charge is -2.26. The minimum absolute atomic E-state index is 0.0975. The van der Waals surface area contributed by atoms with Crippen molar-refractivity contribution in [2.75, 3.05) is 12.5 Å². The number of phenols is 1. The molecule has 0 aliphatic rings. The first-order valence-corrected chi connectivity index (χ1v) is 8.03. The number of benzene rings is 1. The minimum Gasteiger partial charge on any atom is -0.507 e. The van der Waals surface area contributed by atoms with Crippen LogP contribution in [0.15, 0.2) is 24.3 Å². The summed E-state index contributed by atoms with van der Waals surface area (Å²) in [6.07, 6.45) is 0. The fourth-order valence-electron chi connectivity index (χ4n) is 2.30. The summed E-state index contributed by atoms with van der Waals surface area (Å²) in [5, 5.41) is 15.0. The van der Waals surface area contributed by atoms with Crippen molar-refractivity contribution < 1.29 is 9.84 Å². The Kier molecular flexibility index (Phi) is 4.80. The largest absolute Gasteiger partial charge is 0.507 e. The van der Waals surface area contributed by atoms with Crippen molar-refractivity contribution >= 4 is 5.82 Å². The highest BCUT2D eigenvalue weighted by atomic mass is 16.5. The third-order valence-corrected chi connectivity index (χ3v) is 3.39. The number of methoxy groups -OCH3 is 1. The fourth-order valence-corrected chi connectivity index (χ4v) is 2.30. The average molecular weight is 332 g/mol. The first kappa shape index (κ1) is 18.1. The Hall–Kier alpha value is -2.21. The van der Waals surface area contributed by atoms with Crippen LogP contribution in [0.3, 0.4) is 0 Å². The lowest BCUT2D eigenvalue weighted by Crippen LogP contribution is -2.41. The molecule has 2 aromatic rings. The van der Waals surface area contributed by atoms with Crippen molar-refractivity contribution in [3.05, 3.63) is 24.3 Å². The van der Waals surface area contributed by atoms with Crippen LogP contribution in [0.5, 0.6) is 11.5 Å². The quantitative estimate of drug-likeness (QED) is 0.744. The van der Waals surface area contributed by atoms with Crippen LogP contribution >= 0.6 is 0 Å². The van der Waals surface area contributed by atoms with E-state index in [-0.39, 0.29) is 16.8 Å². The zero-order valence-electron chi connectivity index (χ0n) is 15.6. The first-order chi connectivity index (χ1) is 11.0. The molecule has 3 N–H and O–H groups in total. The Morgan fingerprint density at radius 3 is 2.33 bits per heavy atom. The molecule has 0 amide bonds. The lowest BCUT2D eigenvalue weighted by atomic mass is 10.1. The number of nitrogens with zero attached hydrogens (tertiary/aromatic N) is 2. The second-order valence-corrected chi connectivity index (χ2v) is 7.85. The number of hydrazine groups is 1. The summed E-state index contributed by atoms with van der Waals surface area (Å²) in [5.41, 5.74) is 7.40. The number of nitrogens with one attached hydrogen (secondary N) is 2. The van der Waals surface area contributed by atoms with Crippen LogP contribution in [0.1, 0.15) is 41.5 Å². The van der Waals surface area contributed by atoms with Crippen molar-refractivity contribution in [2.24, 2.45) is 0 Å². The normalized spacial score (nSPS) is 12.3. The van der Waals surface area contributed by atoms with Crippen LogP contribution in [-0.2, 0) is 5.54 Å². The minimum atomic E-state index is -0.224. The SMILES string of the molecule is COc1cccc(O)c1-c1cc(NNC(C)(C)C)n(C(C)(C)C)n1. The molecule has 0 atom stereocenters. The Morgan fingerprint density at radius 2 is 1.79 bits per heavy atom. The average Bonchev–Trinajstić information content (AvgIpc) is 2.88. The van der Waals surface area contributed by atoms with Crippen molar-refractivity contribution in [1.29, 1.82) is 0 Å². The Morgan fingerprint density at radius 1 is 1.12 bits per heavy atom. The van der Waals surface area contributed by atoms with E-state index < -0.39 is 0 Å². The maximum Gasteiger partial charge on any atom is 0.139 e. The molecule has 1 aromatic heterocycles. The number of aromatic hydroxyl groups is 1. The van der Waals surface area contributed by atoms with Crippen LogP contribution in [-0.4, -0.2) is 27.5 Å². The van der Waals surface area contributed by atoms with Gasteiger partial charge < -0.3 is 15.3 Å². The molecule has 0 bridgehead atoms. The highest BCUT2D eigenvalue weighted by Crippen LogP contribution is 2.38. The van der Waals surface area contributed by atoms with Gasteiger partial charge in [0.05, 0.1) is 18.2 Å². The van der Waals surface area contributed by atoms with E-state index in [4.69, 9.17) is 9.84 Å². The molecule has 0 aliphatic carbocycles. The predicted octanol–water partition coefficient (Wildman–Crippen LogP) is 3.73. The molecule has 0 spiro atoms. The maximum absolute atomic E-state index is 10.3. The summed E-state index contributed by atoms with van der Waals surface area (Å²) in [5.74, 6) is 1.55. The number of hydrogen-bond acceptors (Lipinski definition) is 5. The van der Waals surface area contributed by atoms with E-state index in [0.717, 1.165) is 5.82 Å². The smallest absolute Gasteiger partial charge is 0.139 e. The van der Waals surface area contributed by atoms with Crippen molar-refractivity contribution in [3.63, 3.8) is 0 Å². The summed E-state index contributed by atoms with van der Waals surface area (Å²) >= 11 is 0. The summed E-state index contributed by atoms with van der Waals surface area (Å²) < 4.78 is 7.28. The third kappa shape index (κ3) is 4.00. The van der Waals surface area contributed by atoms with Gasteiger partial charge in [0.1, 0.15) is 23.0 Å². The van der Waals surface area contributed by atoms with Gasteiger partial charge in [0.2, 0.25) is 0 Å². The zero-order chi connectivity index (χ0) is 18.1. The van der Waals surface area contributed by atoms with E-state index in [1.165, 1.54) is 0 Å². The second-order valence-electron chi connectivity index (χ2n) is 7.85. The third-order valence-electron chi connectivity index (χ3n) is 3.39. The maximum atomic E-state index is 10.3. The topological polar surface area (TPSA) is 71.3 Å². The van der Waals surface area contributed by atoms with Crippen molar-refractivity contribution in [2.45, 2.75) is 52.6 Å². The molecule has 0 unspecified atom stereocenters. The van der Waals surface area contributed by atoms with Gasteiger partial charge in [-0.15, -0.1) is 0 Å². The second kappa shape index (κ2) is 6.36. The molecular formula is C18H28N4O2. The summed E-state index contributed by atoms with van der Waals surface area (Å²) in [6.45, 7) is 12.5. The van der Waals surface area contributed by atoms with Gasteiger partial charge in [-0.3, -0.25) is 0 Å². The summed E-state index contributed by atoms with van der Waals surface area (Å²) in [7, 11) is 1.58. The predicted molar refractivity (Wildman–Crippen MR) is 97.4 cm³/mol. The van der Waals surface area contributed by atoms with E-state index in [1.54, 1.807) is 19.2 Å². The number of aromatic nitrogens is 2. The zero-order valence-corrected chi connectivity index (χ0v) is 15.6. The van der Waals surface area contributed by atoms with Crippen LogP contribution in [0.4, 0.5) is 5.82 Å². The molecule has 0 saturated heterocycles. The Labute approximate surface area is 143 Å². The van der Waals surface area contributed by atoms with Gasteiger partial charge in [-0.25, -0.2) is 10.1 Å². The van der Waals surface area contributed by atoms with E-state index in [1.807, 2.05) is 16.8 Å². The summed E-state index contributed by atoms with van der Waals surface area (Å²) in [6, 6.07) is 7.10. The molecule has 0 aliphatic heterocycles. The molecule has 6 heteroatoms. The first-order valence-electron chi connectivity index (χ1n) is 8.03. The van der Waals surface area contributed by atoms with E-state index >= 15 is 0 Å². The number of phenolic OH excluding ortho intramolecular Hbond substituents is 1. The monoisotopic (exact) mass is 332 g/mol. The van der Waals surface area contributed by atoms with Gasteiger partial charge >= 0.3 is 0 Å². The molecule has 0 radical (unpaired) electrons. The molecule has 132 valence electrons. The number of ether oxygens (including phenoxy) is 1. The van der Waals surface area contributed by atoms with Gasteiger partial charge in [0, 0.05) is 11.6 Å². The molecule has 6 nitrogen and oxygen atoms in total. The molecule has 24 heavy (non-hydrogen) atoms. The fraction of sp³-hybridized carbons (Fsp3) is 0.500. The van der Waals surface area contributed by atoms with Gasteiger partial charge in [-0.2, -0.15) is 5.10 Å². The van der Waals surface area contributed by atoms with Crippen LogP contribution in [0, 0.1) is 0 Å². The molecule has 2 rings (SSSR count). The molecule has 0 fully saturated rings. The molecule has 1 aromatic carbocycles. The van der Waals surface area contributed by atoms with Crippen LogP contribution < -0.4 is 15.6 Å². The lowest BCUT2D eigenvalue weighted by molar-refractivity contribution is 0.356. The van der Waals surface area contributed by atoms with E-state index in [2.05, 4.69) is 52.4 Å². The van der Waals surface area contributed by atoms with Crippen molar-refractivity contribution in [3.8, 4) is 22.8 Å². The van der Waals surface area contributed by atoms with Crippen molar-refractivity contribution in [1.82, 2.24) is 15.2 Å². The highest BCUT2D eigenvalue weighted by molar-refractivity contribution is 5.75. The van der Waals surface area contributed by atoms with E-state index in [0.29, 0.717) is 17.0 Å². The molecule has 1 heterocycles.